The van der Waals surface area contributed by atoms with Crippen LogP contribution in [0.5, 0.6) is 5.75 Å². The van der Waals surface area contributed by atoms with Gasteiger partial charge in [-0.25, -0.2) is 0 Å². The Balaban J connectivity index is 2.03. The van der Waals surface area contributed by atoms with Gasteiger partial charge in [0.2, 0.25) is 0 Å². The molecular formula is C13H18BrNO3. The van der Waals surface area contributed by atoms with Gasteiger partial charge in [0.1, 0.15) is 5.75 Å². The highest BCUT2D eigenvalue weighted by Gasteiger charge is 2.22. The lowest BCUT2D eigenvalue weighted by Gasteiger charge is -2.28. The van der Waals surface area contributed by atoms with E-state index in [0.717, 1.165) is 22.2 Å². The van der Waals surface area contributed by atoms with Crippen molar-refractivity contribution in [2.24, 2.45) is 5.73 Å². The first-order chi connectivity index (χ1) is 8.70. The summed E-state index contributed by atoms with van der Waals surface area (Å²) in [7, 11) is 1.66. The molecule has 4 nitrogen and oxygen atoms in total. The third-order valence-electron chi connectivity index (χ3n) is 3.03. The Labute approximate surface area is 116 Å². The first-order valence-electron chi connectivity index (χ1n) is 5.98. The molecule has 1 aliphatic rings. The van der Waals surface area contributed by atoms with E-state index in [1.807, 2.05) is 18.2 Å². The molecule has 1 saturated heterocycles. The van der Waals surface area contributed by atoms with E-state index in [-0.39, 0.29) is 12.1 Å². The Hall–Kier alpha value is -0.620. The lowest BCUT2D eigenvalue weighted by molar-refractivity contribution is -0.0967. The average Bonchev–Trinajstić information content (AvgIpc) is 2.42. The fraction of sp³-hybridized carbons (Fsp3) is 0.538. The minimum Gasteiger partial charge on any atom is -0.497 e. The van der Waals surface area contributed by atoms with Gasteiger partial charge in [0.05, 0.1) is 33.0 Å². The standard InChI is InChI=1S/C13H18BrNO3/c1-16-10-2-3-11(14)9(6-10)7-12(15)13-8-17-4-5-18-13/h2-3,6,12-13H,4-5,7-8,15H2,1H3. The minimum absolute atomic E-state index is 0.0307. The number of benzene rings is 1. The summed E-state index contributed by atoms with van der Waals surface area (Å²) < 4.78 is 17.2. The maximum absolute atomic E-state index is 6.17. The Bertz CT molecular complexity index is 394. The molecule has 18 heavy (non-hydrogen) atoms. The second kappa shape index (κ2) is 6.52. The van der Waals surface area contributed by atoms with Crippen LogP contribution in [0.15, 0.2) is 22.7 Å². The van der Waals surface area contributed by atoms with Crippen LogP contribution >= 0.6 is 15.9 Å². The molecule has 1 fully saturated rings. The van der Waals surface area contributed by atoms with Gasteiger partial charge in [0, 0.05) is 10.5 Å². The normalized spacial score (nSPS) is 21.6. The molecule has 0 aliphatic carbocycles. The van der Waals surface area contributed by atoms with E-state index in [9.17, 15) is 0 Å². The second-order valence-electron chi connectivity index (χ2n) is 4.31. The van der Waals surface area contributed by atoms with Crippen molar-refractivity contribution in [3.05, 3.63) is 28.2 Å². The van der Waals surface area contributed by atoms with E-state index in [1.54, 1.807) is 7.11 Å². The lowest BCUT2D eigenvalue weighted by Crippen LogP contribution is -2.44. The molecule has 1 aliphatic heterocycles. The monoisotopic (exact) mass is 315 g/mol. The second-order valence-corrected chi connectivity index (χ2v) is 5.16. The topological polar surface area (TPSA) is 53.7 Å². The van der Waals surface area contributed by atoms with Crippen molar-refractivity contribution in [3.63, 3.8) is 0 Å². The number of ether oxygens (including phenoxy) is 3. The molecule has 2 atom stereocenters. The summed E-state index contributed by atoms with van der Waals surface area (Å²) in [4.78, 5) is 0. The van der Waals surface area contributed by atoms with Crippen LogP contribution in [-0.2, 0) is 15.9 Å². The van der Waals surface area contributed by atoms with E-state index < -0.39 is 0 Å². The zero-order chi connectivity index (χ0) is 13.0. The average molecular weight is 316 g/mol. The number of hydrogen-bond donors (Lipinski definition) is 1. The van der Waals surface area contributed by atoms with Crippen LogP contribution in [0.4, 0.5) is 0 Å². The van der Waals surface area contributed by atoms with Gasteiger partial charge in [0.25, 0.3) is 0 Å². The SMILES string of the molecule is COc1ccc(Br)c(CC(N)C2COCCO2)c1. The van der Waals surface area contributed by atoms with Crippen molar-refractivity contribution in [2.75, 3.05) is 26.9 Å². The number of nitrogens with two attached hydrogens (primary N) is 1. The van der Waals surface area contributed by atoms with Crippen molar-refractivity contribution < 1.29 is 14.2 Å². The molecule has 2 rings (SSSR count). The smallest absolute Gasteiger partial charge is 0.119 e. The molecule has 1 aromatic rings. The summed E-state index contributed by atoms with van der Waals surface area (Å²) in [6, 6.07) is 5.81. The number of methoxy groups -OCH3 is 1. The van der Waals surface area contributed by atoms with Crippen LogP contribution in [0.25, 0.3) is 0 Å². The van der Waals surface area contributed by atoms with Gasteiger partial charge in [-0.05, 0) is 30.2 Å². The number of halogens is 1. The van der Waals surface area contributed by atoms with Crippen molar-refractivity contribution in [1.82, 2.24) is 0 Å². The van der Waals surface area contributed by atoms with Crippen LogP contribution in [-0.4, -0.2) is 39.1 Å². The van der Waals surface area contributed by atoms with Gasteiger partial charge in [-0.1, -0.05) is 15.9 Å². The summed E-state index contributed by atoms with van der Waals surface area (Å²) in [5, 5.41) is 0. The van der Waals surface area contributed by atoms with E-state index in [2.05, 4.69) is 15.9 Å². The zero-order valence-electron chi connectivity index (χ0n) is 10.4. The molecule has 2 N–H and O–H groups in total. The first kappa shape index (κ1) is 13.8. The van der Waals surface area contributed by atoms with E-state index in [4.69, 9.17) is 19.9 Å². The highest BCUT2D eigenvalue weighted by Crippen LogP contribution is 2.24. The number of rotatable bonds is 4. The van der Waals surface area contributed by atoms with Crippen molar-refractivity contribution in [2.45, 2.75) is 18.6 Å². The molecule has 0 spiro atoms. The van der Waals surface area contributed by atoms with Crippen molar-refractivity contribution in [1.29, 1.82) is 0 Å². The van der Waals surface area contributed by atoms with Gasteiger partial charge in [0.15, 0.2) is 0 Å². The molecule has 2 unspecified atom stereocenters. The van der Waals surface area contributed by atoms with Crippen LogP contribution in [0.2, 0.25) is 0 Å². The van der Waals surface area contributed by atoms with Gasteiger partial charge in [-0.15, -0.1) is 0 Å². The molecular weight excluding hydrogens is 298 g/mol. The minimum atomic E-state index is -0.0753. The largest absolute Gasteiger partial charge is 0.497 e. The van der Waals surface area contributed by atoms with Gasteiger partial charge in [-0.2, -0.15) is 0 Å². The Morgan fingerprint density at radius 3 is 3.00 bits per heavy atom. The quantitative estimate of drug-likeness (QED) is 0.919. The van der Waals surface area contributed by atoms with Crippen LogP contribution in [0.3, 0.4) is 0 Å². The van der Waals surface area contributed by atoms with Crippen LogP contribution in [0, 0.1) is 0 Å². The predicted octanol–water partition coefficient (Wildman–Crippen LogP) is 1.74. The third-order valence-corrected chi connectivity index (χ3v) is 3.80. The van der Waals surface area contributed by atoms with E-state index in [1.165, 1.54) is 0 Å². The molecule has 0 radical (unpaired) electrons. The highest BCUT2D eigenvalue weighted by molar-refractivity contribution is 9.10. The first-order valence-corrected chi connectivity index (χ1v) is 6.77. The zero-order valence-corrected chi connectivity index (χ0v) is 12.0. The van der Waals surface area contributed by atoms with Crippen LogP contribution < -0.4 is 10.5 Å². The molecule has 0 saturated carbocycles. The van der Waals surface area contributed by atoms with Crippen LogP contribution in [0.1, 0.15) is 5.56 Å². The number of hydrogen-bond acceptors (Lipinski definition) is 4. The molecule has 1 heterocycles. The maximum atomic E-state index is 6.17. The Kier molecular flexibility index (Phi) is 5.00. The molecule has 0 amide bonds. The summed E-state index contributed by atoms with van der Waals surface area (Å²) in [6.07, 6.45) is 0.697. The van der Waals surface area contributed by atoms with E-state index in [0.29, 0.717) is 19.8 Å². The fourth-order valence-electron chi connectivity index (χ4n) is 1.97. The summed E-state index contributed by atoms with van der Waals surface area (Å²) in [5.74, 6) is 0.834. The van der Waals surface area contributed by atoms with Gasteiger partial charge >= 0.3 is 0 Å². The highest BCUT2D eigenvalue weighted by atomic mass is 79.9. The summed E-state index contributed by atoms with van der Waals surface area (Å²) in [6.45, 7) is 1.85. The van der Waals surface area contributed by atoms with E-state index >= 15 is 0 Å². The predicted molar refractivity (Wildman–Crippen MR) is 72.9 cm³/mol. The van der Waals surface area contributed by atoms with Crippen molar-refractivity contribution >= 4 is 15.9 Å². The summed E-state index contributed by atoms with van der Waals surface area (Å²) in [5.41, 5.74) is 7.30. The van der Waals surface area contributed by atoms with Gasteiger partial charge in [-0.3, -0.25) is 0 Å². The Morgan fingerprint density at radius 1 is 1.50 bits per heavy atom. The Morgan fingerprint density at radius 2 is 2.33 bits per heavy atom. The molecule has 0 aromatic heterocycles. The molecule has 1 aromatic carbocycles. The van der Waals surface area contributed by atoms with Gasteiger partial charge < -0.3 is 19.9 Å². The molecule has 100 valence electrons. The fourth-order valence-corrected chi connectivity index (χ4v) is 2.38. The van der Waals surface area contributed by atoms with Crippen molar-refractivity contribution in [3.8, 4) is 5.75 Å². The third kappa shape index (κ3) is 3.45. The summed E-state index contributed by atoms with van der Waals surface area (Å²) >= 11 is 3.53. The lowest BCUT2D eigenvalue weighted by atomic mass is 10.0. The molecule has 0 bridgehead atoms. The maximum Gasteiger partial charge on any atom is 0.119 e. The molecule has 5 heteroatoms.